The van der Waals surface area contributed by atoms with Gasteiger partial charge in [0.15, 0.2) is 0 Å². The fourth-order valence-electron chi connectivity index (χ4n) is 5.22. The molecule has 51 heavy (non-hydrogen) atoms. The van der Waals surface area contributed by atoms with Crippen molar-refractivity contribution in [2.75, 3.05) is 52.6 Å². The molecule has 10 heteroatoms. The Hall–Kier alpha value is -3.15. The molecule has 0 heterocycles. The maximum absolute atomic E-state index is 12.5. The van der Waals surface area contributed by atoms with Gasteiger partial charge in [-0.05, 0) is 62.8 Å². The predicted molar refractivity (Wildman–Crippen MR) is 216 cm³/mol. The number of likely N-dealkylation sites (N-methyl/N-ethyl adjacent to an activating group) is 2. The number of nitrogens with one attached hydrogen (secondary N) is 1. The number of carbonyl (C=O) groups excluding carboxylic acids is 2. The van der Waals surface area contributed by atoms with E-state index in [1.807, 2.05) is 57.2 Å². The number of aliphatic hydroxyl groups excluding tert-OH is 1. The van der Waals surface area contributed by atoms with E-state index in [2.05, 4.69) is 35.9 Å². The van der Waals surface area contributed by atoms with Crippen molar-refractivity contribution < 1.29 is 23.1 Å². The van der Waals surface area contributed by atoms with Gasteiger partial charge in [-0.2, -0.15) is 0 Å². The normalized spacial score (nSPS) is 13.7. The van der Waals surface area contributed by atoms with Crippen LogP contribution in [0.5, 0.6) is 0 Å². The van der Waals surface area contributed by atoms with Crippen LogP contribution in [0.4, 0.5) is 0 Å². The van der Waals surface area contributed by atoms with E-state index in [1.54, 1.807) is 20.0 Å². The number of carbonyl (C=O) groups is 2. The summed E-state index contributed by atoms with van der Waals surface area (Å²) in [4.78, 5) is 24.5. The van der Waals surface area contributed by atoms with Crippen LogP contribution in [0.15, 0.2) is 42.5 Å². The molecule has 0 spiro atoms. The number of allylic oxidation sites excluding steroid dienone is 2. The van der Waals surface area contributed by atoms with E-state index in [4.69, 9.17) is 23.7 Å². The Labute approximate surface area is 313 Å². The molecule has 1 aliphatic carbocycles. The molecule has 0 saturated heterocycles. The molecule has 1 aliphatic rings. The lowest BCUT2D eigenvalue weighted by atomic mass is 9.91. The highest BCUT2D eigenvalue weighted by Crippen LogP contribution is 2.22. The third-order valence-electron chi connectivity index (χ3n) is 8.43. The van der Waals surface area contributed by atoms with Crippen LogP contribution in [0.3, 0.4) is 0 Å². The minimum atomic E-state index is -3.53. The second-order valence-corrected chi connectivity index (χ2v) is 14.8. The van der Waals surface area contributed by atoms with E-state index in [9.17, 15) is 18.0 Å². The van der Waals surface area contributed by atoms with Crippen molar-refractivity contribution in [3.8, 4) is 24.7 Å². The van der Waals surface area contributed by atoms with E-state index in [0.717, 1.165) is 63.9 Å². The zero-order valence-corrected chi connectivity index (χ0v) is 34.0. The van der Waals surface area contributed by atoms with Gasteiger partial charge in [0, 0.05) is 47.1 Å². The average Bonchev–Trinajstić information content (AvgIpc) is 3.12. The SMILES string of the molecule is C#C/C=C/C.C#CCCC(CCC)CNC(C)=O.CC1CCCCC1.CCN(CC)CCN(C)S(=O)(=O)C[C@@H](Cc1ccccc1)C(N)=O.CO. The number of aliphatic hydroxyl groups is 1. The van der Waals surface area contributed by atoms with Gasteiger partial charge >= 0.3 is 0 Å². The molecule has 0 bridgehead atoms. The van der Waals surface area contributed by atoms with Crippen LogP contribution >= 0.6 is 0 Å². The number of nitrogens with zero attached hydrogens (tertiary/aromatic N) is 2. The lowest BCUT2D eigenvalue weighted by molar-refractivity contribution is -0.121. The molecule has 1 unspecified atom stereocenters. The Balaban J connectivity index is -0.000000706. The monoisotopic (exact) mass is 733 g/mol. The lowest BCUT2D eigenvalue weighted by Gasteiger charge is -2.24. The van der Waals surface area contributed by atoms with E-state index >= 15 is 0 Å². The fourth-order valence-corrected chi connectivity index (χ4v) is 6.62. The molecular weight excluding hydrogens is 661 g/mol. The van der Waals surface area contributed by atoms with Crippen LogP contribution in [-0.2, 0) is 26.0 Å². The molecule has 292 valence electrons. The van der Waals surface area contributed by atoms with Crippen molar-refractivity contribution in [1.82, 2.24) is 14.5 Å². The molecule has 2 rings (SSSR count). The summed E-state index contributed by atoms with van der Waals surface area (Å²) in [7, 11) is -0.976. The van der Waals surface area contributed by atoms with Gasteiger partial charge in [0.1, 0.15) is 0 Å². The first-order chi connectivity index (χ1) is 24.3. The van der Waals surface area contributed by atoms with Gasteiger partial charge in [0.25, 0.3) is 0 Å². The van der Waals surface area contributed by atoms with Crippen LogP contribution in [0.25, 0.3) is 0 Å². The fraction of sp³-hybridized carbons (Fsp3) is 0.659. The molecular formula is C41H72N4O5S. The number of amides is 2. The topological polar surface area (TPSA) is 133 Å². The van der Waals surface area contributed by atoms with E-state index in [-0.39, 0.29) is 11.7 Å². The zero-order chi connectivity index (χ0) is 39.5. The van der Waals surface area contributed by atoms with Crippen LogP contribution in [0, 0.1) is 42.4 Å². The van der Waals surface area contributed by atoms with Gasteiger partial charge < -0.3 is 21.1 Å². The summed E-state index contributed by atoms with van der Waals surface area (Å²) < 4.78 is 26.4. The third-order valence-corrected chi connectivity index (χ3v) is 10.4. The lowest BCUT2D eigenvalue weighted by Crippen LogP contribution is -2.41. The smallest absolute Gasteiger partial charge is 0.221 e. The van der Waals surface area contributed by atoms with Crippen molar-refractivity contribution in [3.05, 3.63) is 48.0 Å². The zero-order valence-electron chi connectivity index (χ0n) is 33.2. The number of rotatable bonds is 17. The van der Waals surface area contributed by atoms with Crippen LogP contribution in [-0.4, -0.2) is 87.2 Å². The summed E-state index contributed by atoms with van der Waals surface area (Å²) in [5.41, 5.74) is 6.33. The number of hydrogen-bond donors (Lipinski definition) is 3. The summed E-state index contributed by atoms with van der Waals surface area (Å²) in [6.45, 7) is 15.6. The molecule has 0 radical (unpaired) electrons. The van der Waals surface area contributed by atoms with Gasteiger partial charge in [-0.3, -0.25) is 9.59 Å². The van der Waals surface area contributed by atoms with Gasteiger partial charge in [-0.1, -0.05) is 109 Å². The summed E-state index contributed by atoms with van der Waals surface area (Å²) >= 11 is 0. The highest BCUT2D eigenvalue weighted by atomic mass is 32.2. The molecule has 0 aromatic heterocycles. The Kier molecular flexibility index (Phi) is 36.1. The summed E-state index contributed by atoms with van der Waals surface area (Å²) in [6, 6.07) is 9.33. The number of nitrogens with two attached hydrogens (primary N) is 1. The Bertz CT molecular complexity index is 1200. The molecule has 1 fully saturated rings. The van der Waals surface area contributed by atoms with Crippen LogP contribution in [0.1, 0.15) is 105 Å². The standard InChI is InChI=1S/C17H29N3O3S.C11H19NO.C7H14.C5H6.CH4O/c1-4-20(5-2)12-11-19(3)24(22,23)14-16(17(18)21)13-15-9-7-6-8-10-15;1-4-6-8-11(7-5-2)9-12-10(3)13;1-7-5-3-2-4-6-7;1-3-5-4-2;1-2/h6-10,16H,4-5,11-14H2,1-3H3,(H2,18,21);1,11H,5-9H2,2-3H3,(H,12,13);7H,2-6H2,1H3;1,4-5H,2H3;2H,1H3/b;;;5-4+;/t16-;;;;/m1..../s1. The second kappa shape index (κ2) is 35.3. The largest absolute Gasteiger partial charge is 0.400 e. The first-order valence-electron chi connectivity index (χ1n) is 18.5. The number of terminal acetylenes is 2. The number of hydrogen-bond acceptors (Lipinski definition) is 6. The minimum Gasteiger partial charge on any atom is -0.400 e. The average molecular weight is 733 g/mol. The van der Waals surface area contributed by atoms with Crippen molar-refractivity contribution in [1.29, 1.82) is 0 Å². The van der Waals surface area contributed by atoms with Crippen molar-refractivity contribution >= 4 is 21.8 Å². The summed E-state index contributed by atoms with van der Waals surface area (Å²) in [5, 5.41) is 9.83. The first kappa shape index (κ1) is 52.2. The third kappa shape index (κ3) is 31.3. The summed E-state index contributed by atoms with van der Waals surface area (Å²) in [6.07, 6.45) is 25.4. The van der Waals surface area contributed by atoms with Gasteiger partial charge in [-0.15, -0.1) is 18.8 Å². The Morgan fingerprint density at radius 3 is 2.02 bits per heavy atom. The molecule has 1 aromatic carbocycles. The molecule has 1 saturated carbocycles. The van der Waals surface area contributed by atoms with Gasteiger partial charge in [0.2, 0.25) is 21.8 Å². The molecule has 4 N–H and O–H groups in total. The Morgan fingerprint density at radius 2 is 1.63 bits per heavy atom. The number of sulfonamides is 1. The maximum Gasteiger partial charge on any atom is 0.221 e. The first-order valence-corrected chi connectivity index (χ1v) is 20.1. The van der Waals surface area contributed by atoms with E-state index in [1.165, 1.54) is 36.4 Å². The quantitative estimate of drug-likeness (QED) is 0.162. The molecule has 0 aliphatic heterocycles. The number of primary amides is 1. The van der Waals surface area contributed by atoms with Crippen LogP contribution in [0.2, 0.25) is 0 Å². The summed E-state index contributed by atoms with van der Waals surface area (Å²) in [5.74, 6) is 5.02. The predicted octanol–water partition coefficient (Wildman–Crippen LogP) is 6.28. The molecule has 2 amide bonds. The van der Waals surface area contributed by atoms with Crippen LogP contribution < -0.4 is 11.1 Å². The van der Waals surface area contributed by atoms with E-state index < -0.39 is 21.8 Å². The van der Waals surface area contributed by atoms with Crippen molar-refractivity contribution in [2.45, 2.75) is 106 Å². The number of benzene rings is 1. The molecule has 9 nitrogen and oxygen atoms in total. The van der Waals surface area contributed by atoms with Gasteiger partial charge in [-0.25, -0.2) is 12.7 Å². The Morgan fingerprint density at radius 1 is 1.04 bits per heavy atom. The maximum atomic E-state index is 12.5. The second-order valence-electron chi connectivity index (χ2n) is 12.7. The van der Waals surface area contributed by atoms with Crippen molar-refractivity contribution in [2.24, 2.45) is 23.5 Å². The highest BCUT2D eigenvalue weighted by molar-refractivity contribution is 7.89. The molecule has 2 atom stereocenters. The highest BCUT2D eigenvalue weighted by Gasteiger charge is 2.27. The van der Waals surface area contributed by atoms with E-state index in [0.29, 0.717) is 25.4 Å². The van der Waals surface area contributed by atoms with Crippen molar-refractivity contribution in [3.63, 3.8) is 0 Å². The molecule has 1 aromatic rings. The van der Waals surface area contributed by atoms with Gasteiger partial charge in [0.05, 0.1) is 11.7 Å². The minimum absolute atomic E-state index is 0.0433.